The summed E-state index contributed by atoms with van der Waals surface area (Å²) in [5.41, 5.74) is 0.566. The van der Waals surface area contributed by atoms with Gasteiger partial charge in [-0.25, -0.2) is 4.68 Å². The Bertz CT molecular complexity index is 470. The maximum absolute atomic E-state index is 11.2. The van der Waals surface area contributed by atoms with E-state index in [1.807, 2.05) is 6.92 Å². The molecule has 1 N–H and O–H groups in total. The van der Waals surface area contributed by atoms with Gasteiger partial charge in [-0.1, -0.05) is 6.92 Å². The van der Waals surface area contributed by atoms with Gasteiger partial charge in [0, 0.05) is 19.1 Å². The summed E-state index contributed by atoms with van der Waals surface area (Å²) in [6, 6.07) is 0.507. The zero-order valence-corrected chi connectivity index (χ0v) is 13.7. The zero-order valence-electron chi connectivity index (χ0n) is 13.7. The number of anilines is 1. The number of aromatic nitrogens is 2. The van der Waals surface area contributed by atoms with Crippen molar-refractivity contribution >= 4 is 11.5 Å². The molecular formula is C14H27N5O2. The summed E-state index contributed by atoms with van der Waals surface area (Å²) in [6.07, 6.45) is 1.82. The summed E-state index contributed by atoms with van der Waals surface area (Å²) in [6.45, 7) is 10.4. The SMILES string of the molecule is CCCn1nc(C)c([N+](=O)[O-])c1NCCCN(C)C(C)C. The number of hydrogen-bond acceptors (Lipinski definition) is 5. The van der Waals surface area contributed by atoms with Crippen molar-refractivity contribution in [2.45, 2.75) is 53.1 Å². The molecule has 0 fully saturated rings. The first-order chi connectivity index (χ1) is 9.88. The van der Waals surface area contributed by atoms with Crippen molar-refractivity contribution in [3.63, 3.8) is 0 Å². The standard InChI is InChI=1S/C14H27N5O2/c1-6-9-18-14(13(19(20)21)12(4)16-18)15-8-7-10-17(5)11(2)3/h11,15H,6-10H2,1-5H3. The number of aryl methyl sites for hydroxylation is 2. The first-order valence-corrected chi connectivity index (χ1v) is 7.54. The van der Waals surface area contributed by atoms with Crippen molar-refractivity contribution in [2.24, 2.45) is 0 Å². The molecule has 0 aliphatic carbocycles. The molecule has 1 rings (SSSR count). The molecule has 0 aliphatic rings. The fraction of sp³-hybridized carbons (Fsp3) is 0.786. The zero-order chi connectivity index (χ0) is 16.0. The molecule has 7 heteroatoms. The average Bonchev–Trinajstić information content (AvgIpc) is 2.70. The Balaban J connectivity index is 2.70. The summed E-state index contributed by atoms with van der Waals surface area (Å²) in [5.74, 6) is 0.534. The Labute approximate surface area is 126 Å². The van der Waals surface area contributed by atoms with Crippen LogP contribution < -0.4 is 5.32 Å². The maximum atomic E-state index is 11.2. The number of nitrogens with one attached hydrogen (secondary N) is 1. The Morgan fingerprint density at radius 3 is 2.67 bits per heavy atom. The average molecular weight is 297 g/mol. The third kappa shape index (κ3) is 4.70. The van der Waals surface area contributed by atoms with Gasteiger partial charge in [-0.05, 0) is 47.2 Å². The highest BCUT2D eigenvalue weighted by atomic mass is 16.6. The van der Waals surface area contributed by atoms with Gasteiger partial charge in [0.1, 0.15) is 5.69 Å². The van der Waals surface area contributed by atoms with Gasteiger partial charge < -0.3 is 10.2 Å². The third-order valence-corrected chi connectivity index (χ3v) is 3.58. The minimum Gasteiger partial charge on any atom is -0.364 e. The molecule has 1 aromatic rings. The highest BCUT2D eigenvalue weighted by Crippen LogP contribution is 2.28. The lowest BCUT2D eigenvalue weighted by Crippen LogP contribution is -2.28. The fourth-order valence-corrected chi connectivity index (χ4v) is 2.13. The van der Waals surface area contributed by atoms with Crippen molar-refractivity contribution < 1.29 is 4.92 Å². The van der Waals surface area contributed by atoms with Crippen LogP contribution in [-0.2, 0) is 6.54 Å². The summed E-state index contributed by atoms with van der Waals surface area (Å²) < 4.78 is 1.71. The second kappa shape index (κ2) is 7.97. The molecule has 0 atom stereocenters. The first kappa shape index (κ1) is 17.4. The van der Waals surface area contributed by atoms with Crippen LogP contribution in [0.4, 0.5) is 11.5 Å². The van der Waals surface area contributed by atoms with E-state index in [0.717, 1.165) is 19.4 Å². The van der Waals surface area contributed by atoms with Crippen LogP contribution in [0.15, 0.2) is 0 Å². The lowest BCUT2D eigenvalue weighted by Gasteiger charge is -2.20. The van der Waals surface area contributed by atoms with Crippen LogP contribution in [0.25, 0.3) is 0 Å². The van der Waals surface area contributed by atoms with E-state index in [2.05, 4.69) is 36.2 Å². The van der Waals surface area contributed by atoms with Crippen molar-refractivity contribution in [1.82, 2.24) is 14.7 Å². The summed E-state index contributed by atoms with van der Waals surface area (Å²) >= 11 is 0. The van der Waals surface area contributed by atoms with E-state index in [4.69, 9.17) is 0 Å². The van der Waals surface area contributed by atoms with Gasteiger partial charge in [0.25, 0.3) is 0 Å². The molecule has 0 saturated carbocycles. The van der Waals surface area contributed by atoms with Crippen molar-refractivity contribution in [2.75, 3.05) is 25.5 Å². The Hall–Kier alpha value is -1.63. The summed E-state index contributed by atoms with van der Waals surface area (Å²) in [5, 5.41) is 18.7. The van der Waals surface area contributed by atoms with Gasteiger partial charge in [-0.15, -0.1) is 0 Å². The van der Waals surface area contributed by atoms with Crippen molar-refractivity contribution in [3.05, 3.63) is 15.8 Å². The van der Waals surface area contributed by atoms with E-state index in [0.29, 0.717) is 30.6 Å². The van der Waals surface area contributed by atoms with Crippen LogP contribution in [-0.4, -0.2) is 45.8 Å². The minimum absolute atomic E-state index is 0.0978. The maximum Gasteiger partial charge on any atom is 0.333 e. The van der Waals surface area contributed by atoms with Crippen molar-refractivity contribution in [3.8, 4) is 0 Å². The van der Waals surface area contributed by atoms with Crippen LogP contribution in [0.1, 0.15) is 39.3 Å². The number of nitrogens with zero attached hydrogens (tertiary/aromatic N) is 4. The second-order valence-electron chi connectivity index (χ2n) is 5.62. The molecule has 0 amide bonds. The predicted octanol–water partition coefficient (Wildman–Crippen LogP) is 2.65. The van der Waals surface area contributed by atoms with Gasteiger partial charge in [0.05, 0.1) is 4.92 Å². The van der Waals surface area contributed by atoms with Crippen LogP contribution in [0.2, 0.25) is 0 Å². The van der Waals surface area contributed by atoms with E-state index in [1.54, 1.807) is 11.6 Å². The lowest BCUT2D eigenvalue weighted by molar-refractivity contribution is -0.384. The number of rotatable bonds is 9. The van der Waals surface area contributed by atoms with E-state index in [9.17, 15) is 10.1 Å². The highest BCUT2D eigenvalue weighted by molar-refractivity contribution is 5.59. The Morgan fingerprint density at radius 2 is 2.14 bits per heavy atom. The molecule has 21 heavy (non-hydrogen) atoms. The molecule has 0 unspecified atom stereocenters. The van der Waals surface area contributed by atoms with Crippen LogP contribution in [0.5, 0.6) is 0 Å². The minimum atomic E-state index is -0.350. The lowest BCUT2D eigenvalue weighted by atomic mass is 10.3. The molecule has 0 bridgehead atoms. The number of nitro groups is 1. The second-order valence-corrected chi connectivity index (χ2v) is 5.62. The van der Waals surface area contributed by atoms with E-state index >= 15 is 0 Å². The Morgan fingerprint density at radius 1 is 1.48 bits per heavy atom. The molecule has 0 saturated heterocycles. The topological polar surface area (TPSA) is 76.2 Å². The fourth-order valence-electron chi connectivity index (χ4n) is 2.13. The molecule has 1 aromatic heterocycles. The van der Waals surface area contributed by atoms with Gasteiger partial charge in [0.15, 0.2) is 0 Å². The molecular weight excluding hydrogens is 270 g/mol. The van der Waals surface area contributed by atoms with E-state index in [-0.39, 0.29) is 10.6 Å². The Kier molecular flexibility index (Phi) is 6.61. The van der Waals surface area contributed by atoms with Crippen LogP contribution in [0, 0.1) is 17.0 Å². The molecule has 7 nitrogen and oxygen atoms in total. The largest absolute Gasteiger partial charge is 0.364 e. The van der Waals surface area contributed by atoms with E-state index in [1.165, 1.54) is 0 Å². The molecule has 0 spiro atoms. The summed E-state index contributed by atoms with van der Waals surface area (Å²) in [4.78, 5) is 13.1. The summed E-state index contributed by atoms with van der Waals surface area (Å²) in [7, 11) is 2.08. The quantitative estimate of drug-likeness (QED) is 0.431. The van der Waals surface area contributed by atoms with Crippen LogP contribution in [0.3, 0.4) is 0 Å². The molecule has 0 aromatic carbocycles. The van der Waals surface area contributed by atoms with Crippen molar-refractivity contribution in [1.29, 1.82) is 0 Å². The number of hydrogen-bond donors (Lipinski definition) is 1. The molecule has 0 radical (unpaired) electrons. The van der Waals surface area contributed by atoms with Crippen LogP contribution >= 0.6 is 0 Å². The molecule has 120 valence electrons. The van der Waals surface area contributed by atoms with Gasteiger partial charge >= 0.3 is 5.69 Å². The smallest absolute Gasteiger partial charge is 0.333 e. The van der Waals surface area contributed by atoms with Gasteiger partial charge in [-0.2, -0.15) is 5.10 Å². The van der Waals surface area contributed by atoms with Gasteiger partial charge in [-0.3, -0.25) is 10.1 Å². The predicted molar refractivity (Wildman–Crippen MR) is 84.8 cm³/mol. The molecule has 1 heterocycles. The monoisotopic (exact) mass is 297 g/mol. The van der Waals surface area contributed by atoms with Gasteiger partial charge in [0.2, 0.25) is 5.82 Å². The highest BCUT2D eigenvalue weighted by Gasteiger charge is 2.24. The normalized spacial score (nSPS) is 11.4. The van der Waals surface area contributed by atoms with E-state index < -0.39 is 0 Å². The molecule has 0 aliphatic heterocycles. The third-order valence-electron chi connectivity index (χ3n) is 3.58. The first-order valence-electron chi connectivity index (χ1n) is 7.54.